The minimum Gasteiger partial charge on any atom is -0.488 e. The van der Waals surface area contributed by atoms with Crippen LogP contribution in [0.1, 0.15) is 29.8 Å². The molecule has 0 fully saturated rings. The average Bonchev–Trinajstić information content (AvgIpc) is 3.43. The molecule has 1 aliphatic heterocycles. The molecule has 3 atom stereocenters. The molecule has 1 aromatic heterocycles. The van der Waals surface area contributed by atoms with Crippen molar-refractivity contribution in [2.75, 3.05) is 31.5 Å². The molecule has 2 N–H and O–H groups in total. The van der Waals surface area contributed by atoms with Crippen LogP contribution in [-0.4, -0.2) is 68.1 Å². The Morgan fingerprint density at radius 3 is 2.62 bits per heavy atom. The van der Waals surface area contributed by atoms with Crippen molar-refractivity contribution in [1.82, 2.24) is 9.80 Å². The molecule has 1 aliphatic rings. The number of anilines is 1. The van der Waals surface area contributed by atoms with Gasteiger partial charge in [-0.1, -0.05) is 43.3 Å². The van der Waals surface area contributed by atoms with Gasteiger partial charge in [0, 0.05) is 31.2 Å². The molecule has 4 rings (SSSR count). The van der Waals surface area contributed by atoms with Gasteiger partial charge in [-0.05, 0) is 49.2 Å². The van der Waals surface area contributed by atoms with Crippen molar-refractivity contribution in [2.45, 2.75) is 36.7 Å². The standard InChI is InChI=1S/C27H33N3O5S2/c1-19-15-30(20(2)18-31)27(32)23-14-22(28-37(33,34)26-10-7-13-36-26)11-12-24(23)35-25(19)17-29(3)16-21-8-5-4-6-9-21/h4-14,19-20,25,28,31H,15-18H2,1-3H3/t19-,20-,25+/m0/s1. The van der Waals surface area contributed by atoms with Crippen molar-refractivity contribution in [1.29, 1.82) is 0 Å². The number of amides is 1. The Labute approximate surface area is 222 Å². The van der Waals surface area contributed by atoms with E-state index in [0.717, 1.165) is 17.9 Å². The van der Waals surface area contributed by atoms with Gasteiger partial charge in [-0.15, -0.1) is 11.3 Å². The van der Waals surface area contributed by atoms with Crippen molar-refractivity contribution in [3.8, 4) is 5.75 Å². The number of thiophene rings is 1. The fourth-order valence-corrected chi connectivity index (χ4v) is 6.43. The summed E-state index contributed by atoms with van der Waals surface area (Å²) in [6, 6.07) is 17.7. The van der Waals surface area contributed by atoms with Crippen LogP contribution in [0.5, 0.6) is 5.75 Å². The lowest BCUT2D eigenvalue weighted by Gasteiger charge is -2.38. The van der Waals surface area contributed by atoms with E-state index in [9.17, 15) is 18.3 Å². The van der Waals surface area contributed by atoms with Gasteiger partial charge in [0.1, 0.15) is 16.1 Å². The second-order valence-electron chi connectivity index (χ2n) is 9.55. The number of nitrogens with one attached hydrogen (secondary N) is 1. The van der Waals surface area contributed by atoms with Crippen molar-refractivity contribution in [2.24, 2.45) is 5.92 Å². The van der Waals surface area contributed by atoms with Gasteiger partial charge < -0.3 is 14.7 Å². The first-order chi connectivity index (χ1) is 17.7. The number of likely N-dealkylation sites (N-methyl/N-ethyl adjacent to an activating group) is 1. The number of ether oxygens (including phenoxy) is 1. The molecule has 0 radical (unpaired) electrons. The first-order valence-electron chi connectivity index (χ1n) is 12.2. The maximum absolute atomic E-state index is 13.6. The lowest BCUT2D eigenvalue weighted by Crippen LogP contribution is -2.49. The SMILES string of the molecule is C[C@H]1CN([C@@H](C)CO)C(=O)c2cc(NS(=O)(=O)c3cccs3)ccc2O[C@@H]1CN(C)Cc1ccccc1. The summed E-state index contributed by atoms with van der Waals surface area (Å²) in [6.07, 6.45) is -0.234. The molecule has 0 bridgehead atoms. The van der Waals surface area contributed by atoms with Gasteiger partial charge in [0.05, 0.1) is 18.2 Å². The molecule has 0 unspecified atom stereocenters. The van der Waals surface area contributed by atoms with Gasteiger partial charge >= 0.3 is 0 Å². The van der Waals surface area contributed by atoms with E-state index in [1.807, 2.05) is 32.2 Å². The number of aliphatic hydroxyl groups is 1. The van der Waals surface area contributed by atoms with E-state index in [1.165, 1.54) is 17.7 Å². The normalized spacial score (nSPS) is 19.1. The lowest BCUT2D eigenvalue weighted by molar-refractivity contribution is 0.0341. The molecule has 0 spiro atoms. The fourth-order valence-electron chi connectivity index (χ4n) is 4.39. The zero-order valence-electron chi connectivity index (χ0n) is 21.2. The van der Waals surface area contributed by atoms with E-state index >= 15 is 0 Å². The highest BCUT2D eigenvalue weighted by molar-refractivity contribution is 7.94. The highest BCUT2D eigenvalue weighted by Crippen LogP contribution is 2.32. The zero-order valence-corrected chi connectivity index (χ0v) is 22.8. The third-order valence-electron chi connectivity index (χ3n) is 6.46. The molecule has 2 aromatic carbocycles. The Hall–Kier alpha value is -2.92. The lowest BCUT2D eigenvalue weighted by atomic mass is 9.99. The van der Waals surface area contributed by atoms with Crippen LogP contribution in [-0.2, 0) is 16.6 Å². The first kappa shape index (κ1) is 27.1. The number of aliphatic hydroxyl groups excluding tert-OH is 1. The van der Waals surface area contributed by atoms with Gasteiger partial charge in [0.15, 0.2) is 0 Å². The van der Waals surface area contributed by atoms with Crippen LogP contribution in [0.2, 0.25) is 0 Å². The van der Waals surface area contributed by atoms with Gasteiger partial charge in [-0.2, -0.15) is 0 Å². The number of benzene rings is 2. The van der Waals surface area contributed by atoms with Crippen molar-refractivity contribution >= 4 is 33.0 Å². The van der Waals surface area contributed by atoms with Crippen LogP contribution in [0.15, 0.2) is 70.3 Å². The molecule has 2 heterocycles. The summed E-state index contributed by atoms with van der Waals surface area (Å²) in [7, 11) is -1.74. The Bertz CT molecular complexity index is 1300. The number of rotatable bonds is 9. The van der Waals surface area contributed by atoms with E-state index in [2.05, 4.69) is 21.8 Å². The molecule has 0 aliphatic carbocycles. The number of nitrogens with zero attached hydrogens (tertiary/aromatic N) is 2. The second-order valence-corrected chi connectivity index (χ2v) is 12.4. The van der Waals surface area contributed by atoms with E-state index in [1.54, 1.807) is 35.4 Å². The zero-order chi connectivity index (χ0) is 26.6. The number of hydrogen-bond acceptors (Lipinski definition) is 7. The van der Waals surface area contributed by atoms with Gasteiger partial charge in [0.2, 0.25) is 0 Å². The Morgan fingerprint density at radius 2 is 1.95 bits per heavy atom. The van der Waals surface area contributed by atoms with Crippen molar-refractivity contribution < 1.29 is 23.1 Å². The summed E-state index contributed by atoms with van der Waals surface area (Å²) in [6.45, 7) is 5.43. The molecule has 10 heteroatoms. The third-order valence-corrected chi connectivity index (χ3v) is 9.24. The van der Waals surface area contributed by atoms with Crippen LogP contribution in [0.4, 0.5) is 5.69 Å². The molecule has 0 saturated heterocycles. The Kier molecular flexibility index (Phi) is 8.53. The fraction of sp³-hybridized carbons (Fsp3) is 0.370. The minimum absolute atomic E-state index is 0.0127. The summed E-state index contributed by atoms with van der Waals surface area (Å²) in [5.41, 5.74) is 1.72. The summed E-state index contributed by atoms with van der Waals surface area (Å²) in [5, 5.41) is 11.6. The maximum Gasteiger partial charge on any atom is 0.271 e. The first-order valence-corrected chi connectivity index (χ1v) is 14.6. The second kappa shape index (κ2) is 11.6. The number of carbonyl (C=O) groups is 1. The van der Waals surface area contributed by atoms with Crippen molar-refractivity contribution in [3.05, 3.63) is 77.2 Å². The maximum atomic E-state index is 13.6. The summed E-state index contributed by atoms with van der Waals surface area (Å²) in [5.74, 6) is 0.0712. The minimum atomic E-state index is -3.77. The molecule has 37 heavy (non-hydrogen) atoms. The summed E-state index contributed by atoms with van der Waals surface area (Å²) >= 11 is 1.12. The molecular weight excluding hydrogens is 510 g/mol. The van der Waals surface area contributed by atoms with Crippen LogP contribution >= 0.6 is 11.3 Å². The topological polar surface area (TPSA) is 99.2 Å². The Morgan fingerprint density at radius 1 is 1.19 bits per heavy atom. The highest BCUT2D eigenvalue weighted by Gasteiger charge is 2.33. The van der Waals surface area contributed by atoms with E-state index in [-0.39, 0.29) is 40.0 Å². The van der Waals surface area contributed by atoms with E-state index in [0.29, 0.717) is 18.8 Å². The number of carbonyl (C=O) groups excluding carboxylic acids is 1. The molecule has 198 valence electrons. The van der Waals surface area contributed by atoms with Gasteiger partial charge in [0.25, 0.3) is 15.9 Å². The van der Waals surface area contributed by atoms with Crippen molar-refractivity contribution in [3.63, 3.8) is 0 Å². The molecule has 0 saturated carbocycles. The highest BCUT2D eigenvalue weighted by atomic mass is 32.2. The molecule has 3 aromatic rings. The van der Waals surface area contributed by atoms with Gasteiger partial charge in [-0.3, -0.25) is 14.4 Å². The molecule has 8 nitrogen and oxygen atoms in total. The molecule has 1 amide bonds. The quantitative estimate of drug-likeness (QED) is 0.425. The predicted molar refractivity (Wildman–Crippen MR) is 146 cm³/mol. The van der Waals surface area contributed by atoms with Crippen LogP contribution in [0.3, 0.4) is 0 Å². The third kappa shape index (κ3) is 6.51. The van der Waals surface area contributed by atoms with Crippen LogP contribution in [0.25, 0.3) is 0 Å². The van der Waals surface area contributed by atoms with E-state index in [4.69, 9.17) is 4.74 Å². The summed E-state index contributed by atoms with van der Waals surface area (Å²) < 4.78 is 34.7. The largest absolute Gasteiger partial charge is 0.488 e. The van der Waals surface area contributed by atoms with Crippen LogP contribution in [0, 0.1) is 5.92 Å². The average molecular weight is 544 g/mol. The Balaban J connectivity index is 1.63. The van der Waals surface area contributed by atoms with Crippen LogP contribution < -0.4 is 9.46 Å². The smallest absolute Gasteiger partial charge is 0.271 e. The molecular formula is C27H33N3O5S2. The van der Waals surface area contributed by atoms with E-state index < -0.39 is 16.1 Å². The number of sulfonamides is 1. The summed E-state index contributed by atoms with van der Waals surface area (Å²) in [4.78, 5) is 17.4. The van der Waals surface area contributed by atoms with Gasteiger partial charge in [-0.25, -0.2) is 8.42 Å². The number of fused-ring (bicyclic) bond motifs is 1. The monoisotopic (exact) mass is 543 g/mol. The number of hydrogen-bond donors (Lipinski definition) is 2. The predicted octanol–water partition coefficient (Wildman–Crippen LogP) is 3.90.